The summed E-state index contributed by atoms with van der Waals surface area (Å²) in [6.07, 6.45) is 1.98. The average molecular weight is 240 g/mol. The molecule has 1 heterocycles. The zero-order chi connectivity index (χ0) is 10.8. The van der Waals surface area contributed by atoms with Gasteiger partial charge in [0.05, 0.1) is 0 Å². The van der Waals surface area contributed by atoms with Crippen LogP contribution in [0.1, 0.15) is 5.76 Å². The highest BCUT2D eigenvalue weighted by molar-refractivity contribution is 7.98. The van der Waals surface area contributed by atoms with Crippen molar-refractivity contribution in [2.24, 2.45) is 0 Å². The van der Waals surface area contributed by atoms with Crippen LogP contribution in [0.3, 0.4) is 0 Å². The van der Waals surface area contributed by atoms with Crippen LogP contribution in [0.2, 0.25) is 5.02 Å². The van der Waals surface area contributed by atoms with E-state index < -0.39 is 0 Å². The summed E-state index contributed by atoms with van der Waals surface area (Å²) in [7, 11) is 0. The van der Waals surface area contributed by atoms with Crippen molar-refractivity contribution in [3.63, 3.8) is 0 Å². The number of benzene rings is 1. The molecule has 0 amide bonds. The summed E-state index contributed by atoms with van der Waals surface area (Å²) in [5.41, 5.74) is 0.947. The molecule has 0 N–H and O–H groups in total. The van der Waals surface area contributed by atoms with Crippen LogP contribution >= 0.6 is 23.4 Å². The molecule has 0 aliphatic heterocycles. The minimum atomic E-state index is 0.647. The molecule has 0 saturated carbocycles. The Labute approximate surface area is 97.7 Å². The second-order valence-electron chi connectivity index (χ2n) is 3.09. The van der Waals surface area contributed by atoms with Crippen molar-refractivity contribution in [2.45, 2.75) is 11.9 Å². The largest absolute Gasteiger partial charge is 0.440 e. The summed E-state index contributed by atoms with van der Waals surface area (Å²) < 4.78 is 5.56. The molecule has 0 spiro atoms. The second kappa shape index (κ2) is 4.29. The molecule has 0 fully saturated rings. The lowest BCUT2D eigenvalue weighted by Crippen LogP contribution is -1.76. The monoisotopic (exact) mass is 239 g/mol. The Bertz CT molecular complexity index is 464. The Morgan fingerprint density at radius 2 is 1.93 bits per heavy atom. The fraction of sp³-hybridized carbons (Fsp3) is 0.182. The number of halogens is 1. The summed E-state index contributed by atoms with van der Waals surface area (Å²) >= 11 is 7.39. The Morgan fingerprint density at radius 1 is 1.27 bits per heavy atom. The standard InChI is InChI=1S/C11H10ClNOS/c1-7-11(15-2)13-10(14-7)8-3-5-9(12)6-4-8/h3-6H,1-2H3. The lowest BCUT2D eigenvalue weighted by atomic mass is 10.2. The van der Waals surface area contributed by atoms with Crippen LogP contribution in [0.15, 0.2) is 33.7 Å². The maximum absolute atomic E-state index is 5.81. The van der Waals surface area contributed by atoms with Gasteiger partial charge in [-0.1, -0.05) is 11.6 Å². The van der Waals surface area contributed by atoms with Gasteiger partial charge in [0.25, 0.3) is 0 Å². The van der Waals surface area contributed by atoms with E-state index >= 15 is 0 Å². The zero-order valence-corrected chi connectivity index (χ0v) is 10.0. The van der Waals surface area contributed by atoms with Gasteiger partial charge < -0.3 is 4.42 Å². The van der Waals surface area contributed by atoms with Crippen LogP contribution in [0.4, 0.5) is 0 Å². The third kappa shape index (κ3) is 2.19. The van der Waals surface area contributed by atoms with E-state index in [0.29, 0.717) is 10.9 Å². The molecule has 15 heavy (non-hydrogen) atoms. The molecule has 1 aromatic carbocycles. The summed E-state index contributed by atoms with van der Waals surface area (Å²) in [5.74, 6) is 1.50. The molecule has 0 atom stereocenters. The summed E-state index contributed by atoms with van der Waals surface area (Å²) in [6, 6.07) is 7.46. The molecule has 0 bridgehead atoms. The van der Waals surface area contributed by atoms with E-state index in [1.54, 1.807) is 11.8 Å². The highest BCUT2D eigenvalue weighted by atomic mass is 35.5. The van der Waals surface area contributed by atoms with Gasteiger partial charge in [-0.15, -0.1) is 11.8 Å². The van der Waals surface area contributed by atoms with Gasteiger partial charge in [-0.05, 0) is 37.4 Å². The van der Waals surface area contributed by atoms with Crippen molar-refractivity contribution < 1.29 is 4.42 Å². The first kappa shape index (κ1) is 10.6. The average Bonchev–Trinajstić information content (AvgIpc) is 2.61. The highest BCUT2D eigenvalue weighted by Crippen LogP contribution is 2.27. The molecule has 4 heteroatoms. The van der Waals surface area contributed by atoms with E-state index in [-0.39, 0.29) is 0 Å². The van der Waals surface area contributed by atoms with Gasteiger partial charge in [-0.2, -0.15) is 0 Å². The summed E-state index contributed by atoms with van der Waals surface area (Å²) in [6.45, 7) is 1.91. The summed E-state index contributed by atoms with van der Waals surface area (Å²) in [5, 5.41) is 1.65. The fourth-order valence-electron chi connectivity index (χ4n) is 1.29. The lowest BCUT2D eigenvalue weighted by Gasteiger charge is -1.94. The maximum atomic E-state index is 5.81. The Balaban J connectivity index is 2.41. The number of hydrogen-bond donors (Lipinski definition) is 0. The molecule has 78 valence electrons. The zero-order valence-electron chi connectivity index (χ0n) is 8.45. The maximum Gasteiger partial charge on any atom is 0.227 e. The molecule has 0 saturated heterocycles. The Kier molecular flexibility index (Phi) is 3.03. The molecule has 2 aromatic rings. The molecule has 2 nitrogen and oxygen atoms in total. The highest BCUT2D eigenvalue weighted by Gasteiger charge is 2.09. The smallest absolute Gasteiger partial charge is 0.227 e. The van der Waals surface area contributed by atoms with Crippen LogP contribution in [-0.4, -0.2) is 11.2 Å². The fourth-order valence-corrected chi connectivity index (χ4v) is 1.92. The predicted molar refractivity (Wildman–Crippen MR) is 63.5 cm³/mol. The summed E-state index contributed by atoms with van der Waals surface area (Å²) in [4.78, 5) is 4.38. The number of aromatic nitrogens is 1. The first-order valence-electron chi connectivity index (χ1n) is 4.48. The quantitative estimate of drug-likeness (QED) is 0.741. The number of oxazole rings is 1. The van der Waals surface area contributed by atoms with E-state index in [1.165, 1.54) is 0 Å². The Morgan fingerprint density at radius 3 is 2.47 bits per heavy atom. The van der Waals surface area contributed by atoms with Crippen molar-refractivity contribution in [3.05, 3.63) is 35.0 Å². The molecule has 0 aliphatic rings. The van der Waals surface area contributed by atoms with Crippen LogP contribution < -0.4 is 0 Å². The van der Waals surface area contributed by atoms with Crippen LogP contribution in [0.25, 0.3) is 11.5 Å². The number of rotatable bonds is 2. The topological polar surface area (TPSA) is 26.0 Å². The minimum absolute atomic E-state index is 0.647. The van der Waals surface area contributed by atoms with Crippen molar-refractivity contribution in [1.29, 1.82) is 0 Å². The van der Waals surface area contributed by atoms with E-state index in [2.05, 4.69) is 4.98 Å². The number of nitrogens with zero attached hydrogens (tertiary/aromatic N) is 1. The molecule has 0 radical (unpaired) electrons. The van der Waals surface area contributed by atoms with Crippen molar-refractivity contribution in [3.8, 4) is 11.5 Å². The molecule has 1 aromatic heterocycles. The number of aryl methyl sites for hydroxylation is 1. The normalized spacial score (nSPS) is 10.6. The van der Waals surface area contributed by atoms with Crippen LogP contribution in [0.5, 0.6) is 0 Å². The van der Waals surface area contributed by atoms with Crippen molar-refractivity contribution >= 4 is 23.4 Å². The van der Waals surface area contributed by atoms with Crippen molar-refractivity contribution in [2.75, 3.05) is 6.26 Å². The second-order valence-corrected chi connectivity index (χ2v) is 4.32. The Hall–Kier alpha value is -0.930. The van der Waals surface area contributed by atoms with Gasteiger partial charge in [-0.3, -0.25) is 0 Å². The van der Waals surface area contributed by atoms with Gasteiger partial charge in [0.2, 0.25) is 5.89 Å². The lowest BCUT2D eigenvalue weighted by molar-refractivity contribution is 0.537. The third-order valence-corrected chi connectivity index (χ3v) is 3.06. The first-order valence-corrected chi connectivity index (χ1v) is 6.08. The third-order valence-electron chi connectivity index (χ3n) is 2.04. The predicted octanol–water partition coefficient (Wildman–Crippen LogP) is 4.03. The van der Waals surface area contributed by atoms with E-state index in [1.807, 2.05) is 37.4 Å². The van der Waals surface area contributed by atoms with Gasteiger partial charge in [0.15, 0.2) is 0 Å². The SMILES string of the molecule is CSc1nc(-c2ccc(Cl)cc2)oc1C. The van der Waals surface area contributed by atoms with E-state index in [9.17, 15) is 0 Å². The van der Waals surface area contributed by atoms with Gasteiger partial charge in [0.1, 0.15) is 10.8 Å². The first-order chi connectivity index (χ1) is 7.20. The number of hydrogen-bond acceptors (Lipinski definition) is 3. The van der Waals surface area contributed by atoms with Crippen LogP contribution in [0, 0.1) is 6.92 Å². The van der Waals surface area contributed by atoms with E-state index in [4.69, 9.17) is 16.0 Å². The van der Waals surface area contributed by atoms with Crippen LogP contribution in [-0.2, 0) is 0 Å². The van der Waals surface area contributed by atoms with Gasteiger partial charge in [-0.25, -0.2) is 4.98 Å². The van der Waals surface area contributed by atoms with Gasteiger partial charge in [0, 0.05) is 10.6 Å². The molecule has 2 rings (SSSR count). The molecule has 0 unspecified atom stereocenters. The van der Waals surface area contributed by atoms with Gasteiger partial charge >= 0.3 is 0 Å². The van der Waals surface area contributed by atoms with E-state index in [0.717, 1.165) is 16.3 Å². The molecular formula is C11H10ClNOS. The minimum Gasteiger partial charge on any atom is -0.440 e. The molecule has 0 aliphatic carbocycles. The molecular weight excluding hydrogens is 230 g/mol. The number of thioether (sulfide) groups is 1. The van der Waals surface area contributed by atoms with Crippen molar-refractivity contribution in [1.82, 2.24) is 4.98 Å².